The number of nitrogens with zero attached hydrogens (tertiary/aromatic N) is 4. The molecule has 0 spiro atoms. The summed E-state index contributed by atoms with van der Waals surface area (Å²) in [6, 6.07) is 42.3. The molecule has 7 aromatic rings. The second kappa shape index (κ2) is 14.8. The Labute approximate surface area is 356 Å². The van der Waals surface area contributed by atoms with E-state index in [0.29, 0.717) is 47.6 Å². The zero-order chi connectivity index (χ0) is 40.6. The molecule has 6 saturated heterocycles. The minimum Gasteiger partial charge on any atom is -0.316 e. The Morgan fingerprint density at radius 2 is 0.900 bits per heavy atom. The summed E-state index contributed by atoms with van der Waals surface area (Å²) >= 11 is 0. The van der Waals surface area contributed by atoms with E-state index in [1.807, 2.05) is 12.4 Å². The molecule has 4 nitrogen and oxygen atoms in total. The molecular formula is C56H60N4+2. The molecule has 4 heteroatoms. The van der Waals surface area contributed by atoms with Crippen LogP contribution in [-0.2, 0) is 13.1 Å². The molecule has 0 radical (unpaired) electrons. The van der Waals surface area contributed by atoms with Crippen LogP contribution in [-0.4, -0.2) is 57.2 Å². The summed E-state index contributed by atoms with van der Waals surface area (Å²) < 4.78 is 2.25. The van der Waals surface area contributed by atoms with Crippen molar-refractivity contribution in [3.8, 4) is 0 Å². The van der Waals surface area contributed by atoms with Crippen molar-refractivity contribution >= 4 is 43.4 Å². The number of piperidine rings is 6. The van der Waals surface area contributed by atoms with Gasteiger partial charge >= 0.3 is 0 Å². The summed E-state index contributed by atoms with van der Waals surface area (Å²) in [4.78, 5) is 9.57. The van der Waals surface area contributed by atoms with Crippen molar-refractivity contribution in [3.63, 3.8) is 0 Å². The van der Waals surface area contributed by atoms with Crippen LogP contribution in [0.3, 0.4) is 0 Å². The van der Waals surface area contributed by atoms with Crippen molar-refractivity contribution < 1.29 is 8.97 Å². The van der Waals surface area contributed by atoms with E-state index >= 15 is 0 Å². The van der Waals surface area contributed by atoms with Crippen LogP contribution in [0.15, 0.2) is 147 Å². The lowest BCUT2D eigenvalue weighted by atomic mass is 9.68. The van der Waals surface area contributed by atoms with E-state index < -0.39 is 0 Å². The highest BCUT2D eigenvalue weighted by molar-refractivity contribution is 6.05. The summed E-state index contributed by atoms with van der Waals surface area (Å²) in [5.74, 6) is 3.36. The van der Waals surface area contributed by atoms with E-state index in [1.54, 1.807) is 11.1 Å². The van der Waals surface area contributed by atoms with Crippen LogP contribution in [0.1, 0.15) is 73.6 Å². The van der Waals surface area contributed by atoms with E-state index in [9.17, 15) is 0 Å². The highest BCUT2D eigenvalue weighted by Crippen LogP contribution is 2.52. The summed E-state index contributed by atoms with van der Waals surface area (Å²) in [5, 5.41) is 8.45. The number of rotatable bonds is 10. The van der Waals surface area contributed by atoms with Gasteiger partial charge in [-0.3, -0.25) is 9.97 Å². The lowest BCUT2D eigenvalue weighted by Crippen LogP contribution is -2.67. The Morgan fingerprint density at radius 3 is 1.28 bits per heavy atom. The van der Waals surface area contributed by atoms with E-state index in [1.165, 1.54) is 95.3 Å². The molecular weight excluding hydrogens is 729 g/mol. The van der Waals surface area contributed by atoms with Crippen molar-refractivity contribution in [1.82, 2.24) is 9.97 Å². The molecule has 0 aliphatic carbocycles. The smallest absolute Gasteiger partial charge is 0.106 e. The molecule has 302 valence electrons. The molecule has 6 aliphatic rings. The van der Waals surface area contributed by atoms with Gasteiger partial charge < -0.3 is 8.97 Å². The number of fused-ring (bicyclic) bond motifs is 10. The van der Waals surface area contributed by atoms with Gasteiger partial charge in [0.25, 0.3) is 0 Å². The first-order valence-electron chi connectivity index (χ1n) is 23.0. The van der Waals surface area contributed by atoms with E-state index in [2.05, 4.69) is 148 Å². The van der Waals surface area contributed by atoms with E-state index in [0.717, 1.165) is 33.1 Å². The molecule has 4 bridgehead atoms. The number of hydrogen-bond donors (Lipinski definition) is 0. The first kappa shape index (κ1) is 37.8. The molecule has 5 aromatic carbocycles. The second-order valence-corrected chi connectivity index (χ2v) is 19.5. The Morgan fingerprint density at radius 1 is 0.533 bits per heavy atom. The van der Waals surface area contributed by atoms with Crippen molar-refractivity contribution in [2.75, 3.05) is 26.2 Å². The van der Waals surface area contributed by atoms with Gasteiger partial charge in [0.2, 0.25) is 0 Å². The van der Waals surface area contributed by atoms with Gasteiger partial charge in [-0.2, -0.15) is 0 Å². The predicted molar refractivity (Wildman–Crippen MR) is 250 cm³/mol. The third kappa shape index (κ3) is 5.92. The number of benzene rings is 5. The first-order valence-corrected chi connectivity index (χ1v) is 23.0. The van der Waals surface area contributed by atoms with Crippen LogP contribution in [0.2, 0.25) is 0 Å². The fraction of sp³-hybridized carbons (Fsp3) is 0.357. The quantitative estimate of drug-likeness (QED) is 0.0784. The van der Waals surface area contributed by atoms with Crippen molar-refractivity contribution in [3.05, 3.63) is 169 Å². The Bertz CT molecular complexity index is 2530. The SMILES string of the molecule is C=CC1C[N+]2(Cc3c4ccccc4c(C[N+]45CCC(C[C@H]4[C@@H](C)c4ccnc6ccccc46)C(C=C)C5)c4ccccc34)CCC1C[C@H]2[C@@H](C)c1ccnc2ccccc12. The zero-order valence-electron chi connectivity index (χ0n) is 35.6. The number of pyridine rings is 2. The van der Waals surface area contributed by atoms with Crippen LogP contribution in [0.25, 0.3) is 43.4 Å². The molecule has 0 N–H and O–H groups in total. The number of para-hydroxylation sites is 2. The molecule has 6 fully saturated rings. The van der Waals surface area contributed by atoms with Crippen molar-refractivity contribution in [2.45, 2.75) is 76.5 Å². The Balaban J connectivity index is 1.04. The number of aromatic nitrogens is 2. The molecule has 6 unspecified atom stereocenters. The first-order chi connectivity index (χ1) is 29.4. The van der Waals surface area contributed by atoms with Gasteiger partial charge in [-0.1, -0.05) is 111 Å². The normalized spacial score (nSPS) is 29.6. The highest BCUT2D eigenvalue weighted by Gasteiger charge is 2.55. The van der Waals surface area contributed by atoms with Gasteiger partial charge in [-0.15, -0.1) is 13.2 Å². The van der Waals surface area contributed by atoms with Crippen LogP contribution in [0.4, 0.5) is 0 Å². The molecule has 2 aromatic heterocycles. The Kier molecular flexibility index (Phi) is 9.32. The van der Waals surface area contributed by atoms with Gasteiger partial charge in [0.15, 0.2) is 0 Å². The van der Waals surface area contributed by atoms with Gasteiger partial charge in [0, 0.05) is 83.6 Å². The number of hydrogen-bond acceptors (Lipinski definition) is 2. The van der Waals surface area contributed by atoms with Gasteiger partial charge in [-0.25, -0.2) is 0 Å². The van der Waals surface area contributed by atoms with Gasteiger partial charge in [0.05, 0.1) is 49.3 Å². The summed E-state index contributed by atoms with van der Waals surface area (Å²) in [7, 11) is 0. The monoisotopic (exact) mass is 788 g/mol. The van der Waals surface area contributed by atoms with Crippen LogP contribution in [0.5, 0.6) is 0 Å². The highest BCUT2D eigenvalue weighted by atomic mass is 15.4. The largest absolute Gasteiger partial charge is 0.316 e. The third-order valence-electron chi connectivity index (χ3n) is 17.0. The van der Waals surface area contributed by atoms with Crippen molar-refractivity contribution in [2.24, 2.45) is 23.7 Å². The van der Waals surface area contributed by atoms with E-state index in [-0.39, 0.29) is 0 Å². The van der Waals surface area contributed by atoms with Crippen molar-refractivity contribution in [1.29, 1.82) is 0 Å². The van der Waals surface area contributed by atoms with E-state index in [4.69, 9.17) is 9.97 Å². The third-order valence-corrected chi connectivity index (χ3v) is 17.0. The molecule has 10 atom stereocenters. The lowest BCUT2D eigenvalue weighted by Gasteiger charge is -2.59. The maximum atomic E-state index is 4.78. The average Bonchev–Trinajstić information content (AvgIpc) is 3.31. The average molecular weight is 789 g/mol. The maximum absolute atomic E-state index is 4.78. The minimum atomic E-state index is 0.412. The van der Waals surface area contributed by atoms with Gasteiger partial charge in [-0.05, 0) is 68.8 Å². The number of quaternary nitrogens is 2. The summed E-state index contributed by atoms with van der Waals surface area (Å²) in [6.07, 6.45) is 13.8. The second-order valence-electron chi connectivity index (χ2n) is 19.5. The van der Waals surface area contributed by atoms with Crippen LogP contribution in [0, 0.1) is 23.7 Å². The van der Waals surface area contributed by atoms with Crippen LogP contribution >= 0.6 is 0 Å². The molecule has 0 saturated carbocycles. The summed E-state index contributed by atoms with van der Waals surface area (Å²) in [6.45, 7) is 20.8. The fourth-order valence-corrected chi connectivity index (χ4v) is 14.0. The molecule has 13 rings (SSSR count). The predicted octanol–water partition coefficient (Wildman–Crippen LogP) is 12.5. The van der Waals surface area contributed by atoms with Gasteiger partial charge in [0.1, 0.15) is 13.1 Å². The fourth-order valence-electron chi connectivity index (χ4n) is 14.0. The lowest BCUT2D eigenvalue weighted by molar-refractivity contribution is -0.982. The summed E-state index contributed by atoms with van der Waals surface area (Å²) in [5.41, 5.74) is 8.21. The Hall–Kier alpha value is -5.16. The van der Waals surface area contributed by atoms with Crippen LogP contribution < -0.4 is 0 Å². The minimum absolute atomic E-state index is 0.412. The zero-order valence-corrected chi connectivity index (χ0v) is 35.6. The topological polar surface area (TPSA) is 25.8 Å². The molecule has 8 heterocycles. The standard InChI is InChI=1S/C56H60N4/c1-5-39-33-59(29-25-41(39)31-55(59)37(3)43-23-27-57-53-21-13-11-19-49(43)53)35-51-45-15-7-9-17-47(45)52(48-18-10-8-16-46(48)51)36-60-30-26-42(40(6-2)34-60)32-56(60)38(4)44-24-28-58-54-22-14-12-20-50(44)54/h5-24,27-28,37-42,55-56H,1-2,25-26,29-36H2,3-4H3/q+2/t37-,38-,39?,40?,41?,42?,55-,56-,59?,60?/m0/s1. The molecule has 0 amide bonds. The molecule has 60 heavy (non-hydrogen) atoms. The maximum Gasteiger partial charge on any atom is 0.106 e. The molecule has 6 aliphatic heterocycles.